The van der Waals surface area contributed by atoms with Crippen molar-refractivity contribution in [2.75, 3.05) is 7.05 Å². The van der Waals surface area contributed by atoms with Crippen LogP contribution in [0.2, 0.25) is 5.02 Å². The number of halogens is 1. The van der Waals surface area contributed by atoms with Crippen molar-refractivity contribution in [3.05, 3.63) is 34.9 Å². The Kier molecular flexibility index (Phi) is 4.35. The Morgan fingerprint density at radius 1 is 1.40 bits per heavy atom. The zero-order valence-corrected chi connectivity index (χ0v) is 12.7. The van der Waals surface area contributed by atoms with Crippen LogP contribution in [0.1, 0.15) is 44.2 Å². The van der Waals surface area contributed by atoms with Crippen LogP contribution in [-0.4, -0.2) is 17.9 Å². The van der Waals surface area contributed by atoms with Crippen LogP contribution in [0.5, 0.6) is 0 Å². The molecule has 4 heteroatoms. The van der Waals surface area contributed by atoms with Gasteiger partial charge in [0, 0.05) is 12.1 Å². The quantitative estimate of drug-likeness (QED) is 0.846. The molecule has 1 unspecified atom stereocenters. The van der Waals surface area contributed by atoms with Crippen molar-refractivity contribution >= 4 is 17.5 Å². The Labute approximate surface area is 125 Å². The molecule has 1 atom stereocenters. The number of hydrogen-bond donors (Lipinski definition) is 0. The van der Waals surface area contributed by atoms with E-state index in [1.165, 1.54) is 0 Å². The minimum absolute atomic E-state index is 0.0788. The summed E-state index contributed by atoms with van der Waals surface area (Å²) in [5.74, 6) is -0.0788. The lowest BCUT2D eigenvalue weighted by atomic mass is 9.86. The summed E-state index contributed by atoms with van der Waals surface area (Å²) < 4.78 is 0. The van der Waals surface area contributed by atoms with Crippen LogP contribution in [0, 0.1) is 16.7 Å². The summed E-state index contributed by atoms with van der Waals surface area (Å²) in [4.78, 5) is 14.3. The fourth-order valence-corrected chi connectivity index (χ4v) is 3.18. The molecule has 3 nitrogen and oxygen atoms in total. The molecule has 0 aliphatic heterocycles. The topological polar surface area (TPSA) is 44.1 Å². The van der Waals surface area contributed by atoms with Gasteiger partial charge in [-0.1, -0.05) is 42.6 Å². The Morgan fingerprint density at radius 3 is 2.55 bits per heavy atom. The van der Waals surface area contributed by atoms with E-state index in [0.29, 0.717) is 17.9 Å². The first-order valence-electron chi connectivity index (χ1n) is 6.95. The van der Waals surface area contributed by atoms with E-state index in [1.807, 2.05) is 31.2 Å². The van der Waals surface area contributed by atoms with Gasteiger partial charge in [0.15, 0.2) is 0 Å². The standard InChI is InChI=1S/C16H19ClN2O/c1-12(13-7-3-4-8-14(13)17)19(2)15(20)16(11-18)9-5-6-10-16/h3-4,7-8,12H,5-6,9-10H2,1-2H3. The molecule has 1 aliphatic rings. The lowest BCUT2D eigenvalue weighted by Crippen LogP contribution is -2.41. The molecular formula is C16H19ClN2O. The van der Waals surface area contributed by atoms with Crippen molar-refractivity contribution in [2.24, 2.45) is 5.41 Å². The van der Waals surface area contributed by atoms with Crippen LogP contribution in [-0.2, 0) is 4.79 Å². The van der Waals surface area contributed by atoms with Gasteiger partial charge in [0.05, 0.1) is 12.1 Å². The molecule has 106 valence electrons. The molecule has 0 heterocycles. The first-order chi connectivity index (χ1) is 9.52. The number of rotatable bonds is 3. The van der Waals surface area contributed by atoms with Crippen LogP contribution < -0.4 is 0 Å². The van der Waals surface area contributed by atoms with E-state index < -0.39 is 5.41 Å². The van der Waals surface area contributed by atoms with Gasteiger partial charge in [0.25, 0.3) is 0 Å². The van der Waals surface area contributed by atoms with Crippen molar-refractivity contribution in [1.82, 2.24) is 4.90 Å². The third-order valence-corrected chi connectivity index (χ3v) is 4.68. The van der Waals surface area contributed by atoms with Crippen LogP contribution in [0.4, 0.5) is 0 Å². The van der Waals surface area contributed by atoms with E-state index in [0.717, 1.165) is 18.4 Å². The lowest BCUT2D eigenvalue weighted by Gasteiger charge is -2.32. The summed E-state index contributed by atoms with van der Waals surface area (Å²) in [7, 11) is 1.76. The van der Waals surface area contributed by atoms with Crippen LogP contribution in [0.3, 0.4) is 0 Å². The normalized spacial score (nSPS) is 18.3. The predicted octanol–water partition coefficient (Wildman–Crippen LogP) is 3.94. The smallest absolute Gasteiger partial charge is 0.243 e. The SMILES string of the molecule is CC(c1ccccc1Cl)N(C)C(=O)C1(C#N)CCCC1. The van der Waals surface area contributed by atoms with Crippen LogP contribution >= 0.6 is 11.6 Å². The van der Waals surface area contributed by atoms with Crippen molar-refractivity contribution in [3.8, 4) is 6.07 Å². The number of amides is 1. The molecule has 1 fully saturated rings. The third kappa shape index (κ3) is 2.53. The van der Waals surface area contributed by atoms with Gasteiger partial charge in [0.2, 0.25) is 5.91 Å². The molecule has 1 saturated carbocycles. The summed E-state index contributed by atoms with van der Waals surface area (Å²) >= 11 is 6.19. The van der Waals surface area contributed by atoms with Gasteiger partial charge < -0.3 is 4.90 Å². The van der Waals surface area contributed by atoms with E-state index in [-0.39, 0.29) is 11.9 Å². The number of benzene rings is 1. The molecule has 0 spiro atoms. The van der Waals surface area contributed by atoms with Crippen molar-refractivity contribution in [2.45, 2.75) is 38.6 Å². The molecule has 0 aromatic heterocycles. The first-order valence-corrected chi connectivity index (χ1v) is 7.32. The van der Waals surface area contributed by atoms with Crippen LogP contribution in [0.25, 0.3) is 0 Å². The number of carbonyl (C=O) groups excluding carboxylic acids is 1. The molecule has 20 heavy (non-hydrogen) atoms. The Bertz CT molecular complexity index is 544. The van der Waals surface area contributed by atoms with Gasteiger partial charge in [-0.05, 0) is 31.4 Å². The molecule has 0 radical (unpaired) electrons. The molecule has 2 rings (SSSR count). The van der Waals surface area contributed by atoms with Gasteiger partial charge in [-0.25, -0.2) is 0 Å². The summed E-state index contributed by atoms with van der Waals surface area (Å²) in [6.07, 6.45) is 3.24. The highest BCUT2D eigenvalue weighted by Gasteiger charge is 2.44. The maximum absolute atomic E-state index is 12.7. The van der Waals surface area contributed by atoms with E-state index in [2.05, 4.69) is 6.07 Å². The number of nitrogens with zero attached hydrogens (tertiary/aromatic N) is 2. The summed E-state index contributed by atoms with van der Waals surface area (Å²) in [5.41, 5.74) is 0.0840. The largest absolute Gasteiger partial charge is 0.338 e. The Balaban J connectivity index is 2.23. The van der Waals surface area contributed by atoms with E-state index in [4.69, 9.17) is 11.6 Å². The highest BCUT2D eigenvalue weighted by Crippen LogP contribution is 2.40. The maximum atomic E-state index is 12.7. The third-order valence-electron chi connectivity index (χ3n) is 4.34. The minimum atomic E-state index is -0.829. The van der Waals surface area contributed by atoms with Crippen molar-refractivity contribution in [1.29, 1.82) is 5.26 Å². The molecule has 0 saturated heterocycles. The van der Waals surface area contributed by atoms with Crippen molar-refractivity contribution in [3.63, 3.8) is 0 Å². The highest BCUT2D eigenvalue weighted by molar-refractivity contribution is 6.31. The summed E-state index contributed by atoms with van der Waals surface area (Å²) in [6, 6.07) is 9.64. The van der Waals surface area contributed by atoms with Crippen LogP contribution in [0.15, 0.2) is 24.3 Å². The minimum Gasteiger partial charge on any atom is -0.338 e. The zero-order chi connectivity index (χ0) is 14.8. The van der Waals surface area contributed by atoms with Crippen molar-refractivity contribution < 1.29 is 4.79 Å². The van der Waals surface area contributed by atoms with E-state index >= 15 is 0 Å². The number of nitriles is 1. The first kappa shape index (κ1) is 14.9. The Hall–Kier alpha value is -1.53. The van der Waals surface area contributed by atoms with E-state index in [9.17, 15) is 10.1 Å². The van der Waals surface area contributed by atoms with Gasteiger partial charge in [-0.3, -0.25) is 4.79 Å². The second-order valence-corrected chi connectivity index (χ2v) is 5.92. The molecule has 1 amide bonds. The van der Waals surface area contributed by atoms with E-state index in [1.54, 1.807) is 11.9 Å². The molecular weight excluding hydrogens is 272 g/mol. The monoisotopic (exact) mass is 290 g/mol. The van der Waals surface area contributed by atoms with Gasteiger partial charge >= 0.3 is 0 Å². The number of carbonyl (C=O) groups is 1. The molecule has 1 aromatic carbocycles. The average molecular weight is 291 g/mol. The molecule has 1 aliphatic carbocycles. The summed E-state index contributed by atoms with van der Waals surface area (Å²) in [5, 5.41) is 10.1. The highest BCUT2D eigenvalue weighted by atomic mass is 35.5. The maximum Gasteiger partial charge on any atom is 0.243 e. The predicted molar refractivity (Wildman–Crippen MR) is 79.2 cm³/mol. The second kappa shape index (κ2) is 5.85. The fraction of sp³-hybridized carbons (Fsp3) is 0.500. The second-order valence-electron chi connectivity index (χ2n) is 5.51. The molecule has 0 bridgehead atoms. The zero-order valence-electron chi connectivity index (χ0n) is 11.9. The summed E-state index contributed by atoms with van der Waals surface area (Å²) in [6.45, 7) is 1.94. The average Bonchev–Trinajstić information content (AvgIpc) is 2.95. The lowest BCUT2D eigenvalue weighted by molar-refractivity contribution is -0.139. The Morgan fingerprint density at radius 2 is 2.00 bits per heavy atom. The van der Waals surface area contributed by atoms with Gasteiger partial charge in [0.1, 0.15) is 5.41 Å². The molecule has 1 aromatic rings. The van der Waals surface area contributed by atoms with Gasteiger partial charge in [-0.2, -0.15) is 5.26 Å². The fourth-order valence-electron chi connectivity index (χ4n) is 2.89. The number of hydrogen-bond acceptors (Lipinski definition) is 2. The van der Waals surface area contributed by atoms with Gasteiger partial charge in [-0.15, -0.1) is 0 Å². The molecule has 0 N–H and O–H groups in total.